The summed E-state index contributed by atoms with van der Waals surface area (Å²) in [5.74, 6) is 5.20. The summed E-state index contributed by atoms with van der Waals surface area (Å²) in [6.45, 7) is 0. The molecular weight excluding hydrogens is 220 g/mol. The van der Waals surface area contributed by atoms with Crippen LogP contribution in [0.2, 0.25) is 0 Å². The molecule has 2 rings (SSSR count). The molecule has 0 aliphatic rings. The lowest BCUT2D eigenvalue weighted by atomic mass is 10.2. The molecule has 0 amide bonds. The van der Waals surface area contributed by atoms with Crippen LogP contribution >= 0.6 is 23.7 Å². The monoisotopic (exact) mass is 228 g/mol. The van der Waals surface area contributed by atoms with Crippen LogP contribution in [0.4, 0.5) is 5.13 Å². The fourth-order valence-corrected chi connectivity index (χ4v) is 1.64. The van der Waals surface area contributed by atoms with Gasteiger partial charge in [-0.2, -0.15) is 0 Å². The van der Waals surface area contributed by atoms with Crippen molar-refractivity contribution in [1.82, 2.24) is 10.2 Å². The van der Waals surface area contributed by atoms with Gasteiger partial charge in [-0.1, -0.05) is 41.7 Å². The Bertz CT molecular complexity index is 389. The first-order valence-corrected chi connectivity index (χ1v) is 4.57. The number of hydrogen-bond acceptors (Lipinski definition) is 5. The number of anilines is 1. The van der Waals surface area contributed by atoms with Gasteiger partial charge < -0.3 is 0 Å². The first-order chi connectivity index (χ1) is 6.40. The molecule has 0 saturated heterocycles. The highest BCUT2D eigenvalue weighted by atomic mass is 35.5. The maximum absolute atomic E-state index is 5.20. The molecule has 0 atom stereocenters. The predicted octanol–water partition coefficient (Wildman–Crippen LogP) is 1.91. The second-order valence-electron chi connectivity index (χ2n) is 2.42. The first kappa shape index (κ1) is 10.9. The first-order valence-electron chi connectivity index (χ1n) is 3.75. The van der Waals surface area contributed by atoms with Crippen molar-refractivity contribution in [3.63, 3.8) is 0 Å². The van der Waals surface area contributed by atoms with E-state index in [1.54, 1.807) is 0 Å². The summed E-state index contributed by atoms with van der Waals surface area (Å²) < 4.78 is 0. The zero-order valence-electron chi connectivity index (χ0n) is 7.18. The molecule has 3 N–H and O–H groups in total. The largest absolute Gasteiger partial charge is 0.298 e. The molecule has 0 bridgehead atoms. The smallest absolute Gasteiger partial charge is 0.220 e. The van der Waals surface area contributed by atoms with Crippen molar-refractivity contribution < 1.29 is 0 Å². The maximum Gasteiger partial charge on any atom is 0.220 e. The molecule has 6 heteroatoms. The Morgan fingerprint density at radius 2 is 1.86 bits per heavy atom. The van der Waals surface area contributed by atoms with Gasteiger partial charge >= 0.3 is 0 Å². The topological polar surface area (TPSA) is 63.8 Å². The minimum Gasteiger partial charge on any atom is -0.298 e. The summed E-state index contributed by atoms with van der Waals surface area (Å²) in [5, 5.41) is 9.32. The lowest BCUT2D eigenvalue weighted by Crippen LogP contribution is -2.05. The number of nitrogens with two attached hydrogens (primary N) is 1. The number of rotatable bonds is 2. The summed E-state index contributed by atoms with van der Waals surface area (Å²) in [6.07, 6.45) is 0. The number of hydrazine groups is 1. The Morgan fingerprint density at radius 1 is 1.14 bits per heavy atom. The highest BCUT2D eigenvalue weighted by Gasteiger charge is 2.03. The van der Waals surface area contributed by atoms with Crippen molar-refractivity contribution >= 4 is 28.9 Å². The van der Waals surface area contributed by atoms with E-state index in [0.717, 1.165) is 10.6 Å². The summed E-state index contributed by atoms with van der Waals surface area (Å²) >= 11 is 1.43. The van der Waals surface area contributed by atoms with Gasteiger partial charge in [0.05, 0.1) is 0 Å². The molecule has 0 spiro atoms. The van der Waals surface area contributed by atoms with Crippen LogP contribution in [0.1, 0.15) is 0 Å². The molecule has 0 aliphatic carbocycles. The fraction of sp³-hybridized carbons (Fsp3) is 0. The molecule has 1 heterocycles. The van der Waals surface area contributed by atoms with E-state index in [0.29, 0.717) is 5.13 Å². The van der Waals surface area contributed by atoms with Crippen molar-refractivity contribution in [2.45, 2.75) is 0 Å². The van der Waals surface area contributed by atoms with Crippen LogP contribution in [-0.2, 0) is 0 Å². The molecule has 0 saturated carbocycles. The van der Waals surface area contributed by atoms with E-state index in [2.05, 4.69) is 15.6 Å². The van der Waals surface area contributed by atoms with Crippen LogP contribution in [0, 0.1) is 0 Å². The number of nitrogens with zero attached hydrogens (tertiary/aromatic N) is 2. The summed E-state index contributed by atoms with van der Waals surface area (Å²) in [4.78, 5) is 0. The van der Waals surface area contributed by atoms with E-state index in [4.69, 9.17) is 5.84 Å². The number of nitrogens with one attached hydrogen (secondary N) is 1. The highest BCUT2D eigenvalue weighted by molar-refractivity contribution is 7.18. The van der Waals surface area contributed by atoms with Gasteiger partial charge in [0.25, 0.3) is 0 Å². The van der Waals surface area contributed by atoms with Gasteiger partial charge in [-0.3, -0.25) is 5.43 Å². The summed E-state index contributed by atoms with van der Waals surface area (Å²) in [6, 6.07) is 9.87. The van der Waals surface area contributed by atoms with Crippen LogP contribution in [0.15, 0.2) is 30.3 Å². The van der Waals surface area contributed by atoms with Gasteiger partial charge in [-0.05, 0) is 0 Å². The number of hydrogen-bond donors (Lipinski definition) is 2. The zero-order valence-corrected chi connectivity index (χ0v) is 8.81. The molecule has 4 nitrogen and oxygen atoms in total. The van der Waals surface area contributed by atoms with Crippen LogP contribution in [0.5, 0.6) is 0 Å². The van der Waals surface area contributed by atoms with Gasteiger partial charge in [0.1, 0.15) is 5.01 Å². The third-order valence-electron chi connectivity index (χ3n) is 1.57. The summed E-state index contributed by atoms with van der Waals surface area (Å²) in [5.41, 5.74) is 3.52. The molecular formula is C8H9ClN4S. The van der Waals surface area contributed by atoms with Gasteiger partial charge in [-0.15, -0.1) is 22.6 Å². The van der Waals surface area contributed by atoms with Crippen LogP contribution in [-0.4, -0.2) is 10.2 Å². The van der Waals surface area contributed by atoms with Gasteiger partial charge in [0, 0.05) is 5.56 Å². The molecule has 2 aromatic rings. The molecule has 74 valence electrons. The van der Waals surface area contributed by atoms with Crippen LogP contribution < -0.4 is 11.3 Å². The maximum atomic E-state index is 5.20. The van der Waals surface area contributed by atoms with E-state index in [-0.39, 0.29) is 12.4 Å². The third-order valence-corrected chi connectivity index (χ3v) is 2.47. The zero-order chi connectivity index (χ0) is 9.10. The summed E-state index contributed by atoms with van der Waals surface area (Å²) in [7, 11) is 0. The highest BCUT2D eigenvalue weighted by Crippen LogP contribution is 2.24. The van der Waals surface area contributed by atoms with E-state index in [1.165, 1.54) is 11.3 Å². The molecule has 0 radical (unpaired) electrons. The Labute approximate surface area is 91.5 Å². The van der Waals surface area contributed by atoms with Gasteiger partial charge in [0.15, 0.2) is 0 Å². The Kier molecular flexibility index (Phi) is 3.82. The van der Waals surface area contributed by atoms with E-state index in [9.17, 15) is 0 Å². The van der Waals surface area contributed by atoms with Crippen molar-refractivity contribution in [2.75, 3.05) is 5.43 Å². The van der Waals surface area contributed by atoms with Gasteiger partial charge in [0.2, 0.25) is 5.13 Å². The van der Waals surface area contributed by atoms with Crippen molar-refractivity contribution in [2.24, 2.45) is 5.84 Å². The molecule has 0 fully saturated rings. The van der Waals surface area contributed by atoms with Crippen molar-refractivity contribution in [3.8, 4) is 10.6 Å². The second-order valence-corrected chi connectivity index (χ2v) is 3.40. The average Bonchev–Trinajstić information content (AvgIpc) is 2.67. The Balaban J connectivity index is 0.000000980. The molecule has 0 aliphatic heterocycles. The lowest BCUT2D eigenvalue weighted by Gasteiger charge is -1.91. The van der Waals surface area contributed by atoms with Crippen LogP contribution in [0.3, 0.4) is 0 Å². The molecule has 1 aromatic carbocycles. The fourth-order valence-electron chi connectivity index (χ4n) is 0.979. The number of halogens is 1. The third kappa shape index (κ3) is 2.20. The second kappa shape index (κ2) is 4.90. The van der Waals surface area contributed by atoms with Crippen LogP contribution in [0.25, 0.3) is 10.6 Å². The quantitative estimate of drug-likeness (QED) is 0.609. The van der Waals surface area contributed by atoms with Crippen molar-refractivity contribution in [3.05, 3.63) is 30.3 Å². The number of benzene rings is 1. The van der Waals surface area contributed by atoms with Crippen molar-refractivity contribution in [1.29, 1.82) is 0 Å². The van der Waals surface area contributed by atoms with E-state index >= 15 is 0 Å². The lowest BCUT2D eigenvalue weighted by molar-refractivity contribution is 1.08. The molecule has 1 aromatic heterocycles. The molecule has 14 heavy (non-hydrogen) atoms. The number of nitrogen functional groups attached to an aromatic ring is 1. The normalized spacial score (nSPS) is 9.21. The Hall–Kier alpha value is -1.17. The van der Waals surface area contributed by atoms with Gasteiger partial charge in [-0.25, -0.2) is 5.84 Å². The standard InChI is InChI=1S/C8H8N4S.ClH/c9-10-8-12-11-7(13-8)6-4-2-1-3-5-6;/h1-5H,9H2,(H,10,12);1H. The van der Waals surface area contributed by atoms with E-state index < -0.39 is 0 Å². The predicted molar refractivity (Wildman–Crippen MR) is 60.4 cm³/mol. The minimum absolute atomic E-state index is 0. The average molecular weight is 229 g/mol. The Morgan fingerprint density at radius 3 is 2.43 bits per heavy atom. The minimum atomic E-state index is 0. The number of aromatic nitrogens is 2. The molecule has 0 unspecified atom stereocenters. The SMILES string of the molecule is Cl.NNc1nnc(-c2ccccc2)s1. The van der Waals surface area contributed by atoms with E-state index in [1.807, 2.05) is 30.3 Å².